The molecule has 106 valence electrons. The molecule has 0 amide bonds. The van der Waals surface area contributed by atoms with Crippen molar-refractivity contribution in [2.24, 2.45) is 7.05 Å². The van der Waals surface area contributed by atoms with Crippen molar-refractivity contribution in [2.75, 3.05) is 0 Å². The maximum absolute atomic E-state index is 9.42. The monoisotopic (exact) mass is 286 g/mol. The van der Waals surface area contributed by atoms with E-state index in [1.807, 2.05) is 60.7 Å². The van der Waals surface area contributed by atoms with Gasteiger partial charge >= 0.3 is 0 Å². The maximum Gasteiger partial charge on any atom is 0.146 e. The fourth-order valence-corrected chi connectivity index (χ4v) is 2.38. The molecule has 0 aliphatic heterocycles. The van der Waals surface area contributed by atoms with Crippen molar-refractivity contribution in [3.63, 3.8) is 0 Å². The molecule has 4 nitrogen and oxygen atoms in total. The summed E-state index contributed by atoms with van der Waals surface area (Å²) < 4.78 is 1.64. The molecule has 2 aromatic carbocycles. The van der Waals surface area contributed by atoms with E-state index in [1.54, 1.807) is 11.6 Å². The van der Waals surface area contributed by atoms with Crippen LogP contribution in [0.25, 0.3) is 22.6 Å². The zero-order chi connectivity index (χ0) is 15.5. The van der Waals surface area contributed by atoms with Gasteiger partial charge in [-0.25, -0.2) is 4.98 Å². The minimum absolute atomic E-state index is 0.162. The average molecular weight is 286 g/mol. The van der Waals surface area contributed by atoms with Gasteiger partial charge in [0.05, 0.1) is 5.69 Å². The molecule has 0 radical (unpaired) electrons. The van der Waals surface area contributed by atoms with Crippen molar-refractivity contribution in [3.05, 3.63) is 71.7 Å². The first-order chi connectivity index (χ1) is 10.7. The second kappa shape index (κ2) is 5.66. The minimum atomic E-state index is 0.162. The highest BCUT2D eigenvalue weighted by atomic mass is 15.0. The highest BCUT2D eigenvalue weighted by Gasteiger charge is 2.14. The molecule has 22 heavy (non-hydrogen) atoms. The van der Waals surface area contributed by atoms with E-state index in [4.69, 9.17) is 5.41 Å². The van der Waals surface area contributed by atoms with Gasteiger partial charge in [-0.05, 0) is 0 Å². The molecule has 0 saturated carbocycles. The summed E-state index contributed by atoms with van der Waals surface area (Å²) in [5.41, 5.74) is 2.75. The lowest BCUT2D eigenvalue weighted by molar-refractivity contribution is 0.795. The maximum atomic E-state index is 9.42. The van der Waals surface area contributed by atoms with Gasteiger partial charge in [-0.2, -0.15) is 5.26 Å². The number of nitrogens with one attached hydrogen (secondary N) is 1. The normalized spacial score (nSPS) is 10.2. The summed E-state index contributed by atoms with van der Waals surface area (Å²) in [4.78, 5) is 4.66. The van der Waals surface area contributed by atoms with Crippen LogP contribution in [-0.4, -0.2) is 9.55 Å². The van der Waals surface area contributed by atoms with Crippen LogP contribution >= 0.6 is 0 Å². The smallest absolute Gasteiger partial charge is 0.146 e. The zero-order valence-electron chi connectivity index (χ0n) is 12.1. The molecule has 1 heterocycles. The number of hydrogen-bond donors (Lipinski definition) is 1. The van der Waals surface area contributed by atoms with E-state index >= 15 is 0 Å². The Morgan fingerprint density at radius 3 is 2.05 bits per heavy atom. The van der Waals surface area contributed by atoms with E-state index in [9.17, 15) is 5.26 Å². The highest BCUT2D eigenvalue weighted by Crippen LogP contribution is 2.23. The topological polar surface area (TPSA) is 65.5 Å². The second-order valence-corrected chi connectivity index (χ2v) is 4.91. The molecule has 1 aromatic heterocycles. The Hall–Kier alpha value is -3.19. The van der Waals surface area contributed by atoms with Crippen LogP contribution in [0.3, 0.4) is 0 Å². The third-order valence-electron chi connectivity index (χ3n) is 3.54. The SMILES string of the molecule is Cn1c(-c2ccccc2)nc(-c2ccccc2)c(C#N)c1=N. The molecule has 0 aliphatic rings. The van der Waals surface area contributed by atoms with Gasteiger partial charge < -0.3 is 4.57 Å². The number of nitriles is 1. The number of hydrogen-bond acceptors (Lipinski definition) is 3. The predicted octanol–water partition coefficient (Wildman–Crippen LogP) is 3.11. The minimum Gasteiger partial charge on any atom is -0.313 e. The van der Waals surface area contributed by atoms with Crippen LogP contribution in [0.15, 0.2) is 60.7 Å². The Balaban J connectivity index is 2.34. The Kier molecular flexibility index (Phi) is 3.55. The molecular weight excluding hydrogens is 272 g/mol. The molecule has 4 heteroatoms. The number of nitrogens with zero attached hydrogens (tertiary/aromatic N) is 3. The molecule has 0 unspecified atom stereocenters. The van der Waals surface area contributed by atoms with Crippen LogP contribution < -0.4 is 5.49 Å². The molecule has 0 spiro atoms. The predicted molar refractivity (Wildman–Crippen MR) is 84.6 cm³/mol. The molecule has 0 aliphatic carbocycles. The van der Waals surface area contributed by atoms with Crippen LogP contribution in [0.5, 0.6) is 0 Å². The van der Waals surface area contributed by atoms with Crippen LogP contribution in [0, 0.1) is 16.7 Å². The fourth-order valence-electron chi connectivity index (χ4n) is 2.38. The lowest BCUT2D eigenvalue weighted by Crippen LogP contribution is -2.24. The lowest BCUT2D eigenvalue weighted by atomic mass is 10.1. The third kappa shape index (κ3) is 2.29. The van der Waals surface area contributed by atoms with Crippen molar-refractivity contribution in [2.45, 2.75) is 0 Å². The summed E-state index contributed by atoms with van der Waals surface area (Å²) in [6, 6.07) is 21.3. The Morgan fingerprint density at radius 1 is 0.955 bits per heavy atom. The van der Waals surface area contributed by atoms with Gasteiger partial charge in [0.2, 0.25) is 0 Å². The fraction of sp³-hybridized carbons (Fsp3) is 0.0556. The quantitative estimate of drug-likeness (QED) is 0.786. The molecule has 0 bridgehead atoms. The standard InChI is InChI=1S/C18H14N4/c1-22-17(20)15(12-19)16(13-8-4-2-5-9-13)21-18(22)14-10-6-3-7-11-14/h2-11,20H,1H3. The van der Waals surface area contributed by atoms with E-state index in [2.05, 4.69) is 11.1 Å². The molecule has 1 N–H and O–H groups in total. The van der Waals surface area contributed by atoms with Gasteiger partial charge in [-0.15, -0.1) is 0 Å². The van der Waals surface area contributed by atoms with Crippen LogP contribution in [0.4, 0.5) is 0 Å². The van der Waals surface area contributed by atoms with Crippen molar-refractivity contribution in [1.82, 2.24) is 9.55 Å². The van der Waals surface area contributed by atoms with Crippen molar-refractivity contribution in [1.29, 1.82) is 10.7 Å². The van der Waals surface area contributed by atoms with Crippen molar-refractivity contribution >= 4 is 0 Å². The van der Waals surface area contributed by atoms with Crippen LogP contribution in [0.2, 0.25) is 0 Å². The van der Waals surface area contributed by atoms with E-state index in [0.29, 0.717) is 11.5 Å². The van der Waals surface area contributed by atoms with Gasteiger partial charge in [0, 0.05) is 18.2 Å². The molecule has 0 fully saturated rings. The second-order valence-electron chi connectivity index (χ2n) is 4.91. The molecule has 3 aromatic rings. The number of rotatable bonds is 2. The van der Waals surface area contributed by atoms with Gasteiger partial charge in [0.25, 0.3) is 0 Å². The highest BCUT2D eigenvalue weighted by molar-refractivity contribution is 5.69. The molecule has 0 saturated heterocycles. The number of aromatic nitrogens is 2. The average Bonchev–Trinajstić information content (AvgIpc) is 2.58. The number of benzene rings is 2. The van der Waals surface area contributed by atoms with E-state index in [0.717, 1.165) is 11.1 Å². The van der Waals surface area contributed by atoms with Crippen LogP contribution in [-0.2, 0) is 7.05 Å². The summed E-state index contributed by atoms with van der Waals surface area (Å²) in [6.07, 6.45) is 0. The van der Waals surface area contributed by atoms with Crippen molar-refractivity contribution < 1.29 is 0 Å². The zero-order valence-corrected chi connectivity index (χ0v) is 12.1. The van der Waals surface area contributed by atoms with E-state index in [-0.39, 0.29) is 11.1 Å². The first kappa shape index (κ1) is 13.8. The first-order valence-electron chi connectivity index (χ1n) is 6.89. The third-order valence-corrected chi connectivity index (χ3v) is 3.54. The van der Waals surface area contributed by atoms with Crippen LogP contribution in [0.1, 0.15) is 5.56 Å². The van der Waals surface area contributed by atoms with Gasteiger partial charge in [0.15, 0.2) is 0 Å². The first-order valence-corrected chi connectivity index (χ1v) is 6.89. The van der Waals surface area contributed by atoms with E-state index in [1.165, 1.54) is 0 Å². The molecule has 3 rings (SSSR count). The summed E-state index contributed by atoms with van der Waals surface area (Å²) >= 11 is 0. The molecule has 0 atom stereocenters. The Bertz CT molecular complexity index is 904. The van der Waals surface area contributed by atoms with Gasteiger partial charge in [-0.3, -0.25) is 5.41 Å². The van der Waals surface area contributed by atoms with Crippen molar-refractivity contribution in [3.8, 4) is 28.7 Å². The Morgan fingerprint density at radius 2 is 1.50 bits per heavy atom. The van der Waals surface area contributed by atoms with Gasteiger partial charge in [-0.1, -0.05) is 60.7 Å². The summed E-state index contributed by atoms with van der Waals surface area (Å²) in [6.45, 7) is 0. The summed E-state index contributed by atoms with van der Waals surface area (Å²) in [7, 11) is 1.76. The lowest BCUT2D eigenvalue weighted by Gasteiger charge is -2.13. The molecular formula is C18H14N4. The summed E-state index contributed by atoms with van der Waals surface area (Å²) in [5, 5.41) is 17.7. The largest absolute Gasteiger partial charge is 0.313 e. The summed E-state index contributed by atoms with van der Waals surface area (Å²) in [5.74, 6) is 0.670. The Labute approximate surface area is 128 Å². The van der Waals surface area contributed by atoms with Gasteiger partial charge in [0.1, 0.15) is 22.9 Å². The van der Waals surface area contributed by atoms with E-state index < -0.39 is 0 Å².